The van der Waals surface area contributed by atoms with Gasteiger partial charge in [0.15, 0.2) is 15.8 Å². The summed E-state index contributed by atoms with van der Waals surface area (Å²) in [4.78, 5) is 13.7. The smallest absolute Gasteiger partial charge is 0.182 e. The largest absolute Gasteiger partial charge is 0.375 e. The van der Waals surface area contributed by atoms with E-state index < -0.39 is 0 Å². The predicted octanol–water partition coefficient (Wildman–Crippen LogP) is 3.08. The molecule has 21 heavy (non-hydrogen) atoms. The molecule has 0 saturated heterocycles. The summed E-state index contributed by atoms with van der Waals surface area (Å²) in [6, 6.07) is 6.92. The highest BCUT2D eigenvalue weighted by Gasteiger charge is 2.23. The Kier molecular flexibility index (Phi) is 2.78. The fourth-order valence-corrected chi connectivity index (χ4v) is 3.61. The van der Waals surface area contributed by atoms with Crippen molar-refractivity contribution < 1.29 is 0 Å². The summed E-state index contributed by atoms with van der Waals surface area (Å²) in [5, 5.41) is 4.03. The summed E-state index contributed by atoms with van der Waals surface area (Å²) in [5.74, 6) is 0.770. The second kappa shape index (κ2) is 4.66. The minimum atomic E-state index is 0.279. The highest BCUT2D eigenvalue weighted by atomic mass is 32.1. The van der Waals surface area contributed by atoms with Gasteiger partial charge >= 0.3 is 0 Å². The van der Waals surface area contributed by atoms with Crippen LogP contribution in [0.25, 0.3) is 10.3 Å². The molecule has 106 valence electrons. The standard InChI is InChI=1S/C15H15N5S/c1-8-2-4-10-9(6-8)3-5-11(10)19-13-12-14(18-7-17-13)21-15(16)20-12/h2,4,6-7,11H,3,5H2,1H3,(H2,16,20)(H,17,18,19). The lowest BCUT2D eigenvalue weighted by Crippen LogP contribution is -2.09. The maximum atomic E-state index is 5.77. The van der Waals surface area contributed by atoms with Gasteiger partial charge in [0.2, 0.25) is 0 Å². The van der Waals surface area contributed by atoms with E-state index in [-0.39, 0.29) is 6.04 Å². The van der Waals surface area contributed by atoms with Crippen LogP contribution in [0.4, 0.5) is 10.9 Å². The van der Waals surface area contributed by atoms with Gasteiger partial charge in [-0.3, -0.25) is 0 Å². The van der Waals surface area contributed by atoms with Gasteiger partial charge in [-0.25, -0.2) is 15.0 Å². The summed E-state index contributed by atoms with van der Waals surface area (Å²) in [5.41, 5.74) is 10.6. The number of fused-ring (bicyclic) bond motifs is 2. The average molecular weight is 297 g/mol. The minimum Gasteiger partial charge on any atom is -0.375 e. The molecule has 0 amide bonds. The molecule has 0 saturated carbocycles. The zero-order chi connectivity index (χ0) is 14.4. The lowest BCUT2D eigenvalue weighted by Gasteiger charge is -2.15. The predicted molar refractivity (Wildman–Crippen MR) is 85.5 cm³/mol. The van der Waals surface area contributed by atoms with E-state index in [1.165, 1.54) is 28.0 Å². The first kappa shape index (κ1) is 12.5. The molecular weight excluding hydrogens is 282 g/mol. The van der Waals surface area contributed by atoms with Gasteiger partial charge in [-0.05, 0) is 30.9 Å². The lowest BCUT2D eigenvalue weighted by atomic mass is 10.1. The molecule has 1 unspecified atom stereocenters. The van der Waals surface area contributed by atoms with Crippen LogP contribution in [-0.2, 0) is 6.42 Å². The highest BCUT2D eigenvalue weighted by molar-refractivity contribution is 7.21. The first-order valence-corrected chi connectivity index (χ1v) is 7.75. The van der Waals surface area contributed by atoms with Crippen molar-refractivity contribution in [2.75, 3.05) is 11.1 Å². The Bertz CT molecular complexity index is 826. The summed E-state index contributed by atoms with van der Waals surface area (Å²) >= 11 is 1.39. The third kappa shape index (κ3) is 2.12. The fraction of sp³-hybridized carbons (Fsp3) is 0.267. The van der Waals surface area contributed by atoms with Crippen LogP contribution in [0.15, 0.2) is 24.5 Å². The molecule has 0 radical (unpaired) electrons. The van der Waals surface area contributed by atoms with Crippen LogP contribution in [0.2, 0.25) is 0 Å². The van der Waals surface area contributed by atoms with Crippen LogP contribution < -0.4 is 11.1 Å². The minimum absolute atomic E-state index is 0.279. The molecule has 4 rings (SSSR count). The monoisotopic (exact) mass is 297 g/mol. The van der Waals surface area contributed by atoms with Crippen LogP contribution >= 0.6 is 11.3 Å². The van der Waals surface area contributed by atoms with Crippen molar-refractivity contribution >= 4 is 32.6 Å². The molecule has 3 aromatic rings. The van der Waals surface area contributed by atoms with Gasteiger partial charge in [0, 0.05) is 0 Å². The normalized spacial score (nSPS) is 17.1. The highest BCUT2D eigenvalue weighted by Crippen LogP contribution is 2.35. The van der Waals surface area contributed by atoms with Crippen LogP contribution in [-0.4, -0.2) is 15.0 Å². The van der Waals surface area contributed by atoms with E-state index in [4.69, 9.17) is 5.73 Å². The molecule has 0 fully saturated rings. The molecule has 3 N–H and O–H groups in total. The third-order valence-electron chi connectivity index (χ3n) is 3.90. The van der Waals surface area contributed by atoms with E-state index in [9.17, 15) is 0 Å². The first-order chi connectivity index (χ1) is 10.2. The van der Waals surface area contributed by atoms with Gasteiger partial charge in [0.05, 0.1) is 6.04 Å². The van der Waals surface area contributed by atoms with Crippen molar-refractivity contribution in [3.8, 4) is 0 Å². The van der Waals surface area contributed by atoms with Gasteiger partial charge in [-0.15, -0.1) is 0 Å². The molecule has 2 aromatic heterocycles. The summed E-state index contributed by atoms with van der Waals surface area (Å²) < 4.78 is 0. The quantitative estimate of drug-likeness (QED) is 0.760. The molecule has 2 heterocycles. The van der Waals surface area contributed by atoms with Crippen LogP contribution in [0, 0.1) is 6.92 Å². The van der Waals surface area contributed by atoms with Crippen molar-refractivity contribution in [2.24, 2.45) is 0 Å². The van der Waals surface area contributed by atoms with E-state index in [1.54, 1.807) is 6.33 Å². The Morgan fingerprint density at radius 3 is 3.14 bits per heavy atom. The number of anilines is 2. The molecular formula is C15H15N5S. The zero-order valence-electron chi connectivity index (χ0n) is 11.6. The van der Waals surface area contributed by atoms with Crippen molar-refractivity contribution in [1.82, 2.24) is 15.0 Å². The number of nitrogens with zero attached hydrogens (tertiary/aromatic N) is 3. The van der Waals surface area contributed by atoms with Crippen molar-refractivity contribution in [3.63, 3.8) is 0 Å². The molecule has 0 bridgehead atoms. The number of benzene rings is 1. The van der Waals surface area contributed by atoms with Crippen molar-refractivity contribution in [2.45, 2.75) is 25.8 Å². The number of nitrogens with two attached hydrogens (primary N) is 1. The number of aromatic nitrogens is 3. The molecule has 0 aliphatic heterocycles. The number of hydrogen-bond donors (Lipinski definition) is 2. The molecule has 1 aliphatic rings. The Morgan fingerprint density at radius 1 is 1.33 bits per heavy atom. The van der Waals surface area contributed by atoms with Gasteiger partial charge < -0.3 is 11.1 Å². The van der Waals surface area contributed by atoms with Gasteiger partial charge in [0.25, 0.3) is 0 Å². The second-order valence-electron chi connectivity index (χ2n) is 5.37. The van der Waals surface area contributed by atoms with E-state index in [0.29, 0.717) is 5.13 Å². The van der Waals surface area contributed by atoms with Crippen molar-refractivity contribution in [1.29, 1.82) is 0 Å². The SMILES string of the molecule is Cc1ccc2c(c1)CCC2Nc1ncnc2sc(N)nc12. The van der Waals surface area contributed by atoms with Crippen LogP contribution in [0.3, 0.4) is 0 Å². The molecule has 5 nitrogen and oxygen atoms in total. The number of rotatable bonds is 2. The third-order valence-corrected chi connectivity index (χ3v) is 4.69. The topological polar surface area (TPSA) is 76.7 Å². The summed E-state index contributed by atoms with van der Waals surface area (Å²) in [6.45, 7) is 2.13. The van der Waals surface area contributed by atoms with Gasteiger partial charge in [-0.1, -0.05) is 35.1 Å². The lowest BCUT2D eigenvalue weighted by molar-refractivity contribution is 0.758. The van der Waals surface area contributed by atoms with Crippen LogP contribution in [0.5, 0.6) is 0 Å². The zero-order valence-corrected chi connectivity index (χ0v) is 12.4. The maximum absolute atomic E-state index is 5.77. The number of nitrogen functional groups attached to an aromatic ring is 1. The second-order valence-corrected chi connectivity index (χ2v) is 6.38. The summed E-state index contributed by atoms with van der Waals surface area (Å²) in [6.07, 6.45) is 3.74. The maximum Gasteiger partial charge on any atom is 0.182 e. The molecule has 6 heteroatoms. The Balaban J connectivity index is 1.71. The first-order valence-electron chi connectivity index (χ1n) is 6.93. The van der Waals surface area contributed by atoms with Gasteiger partial charge in [0.1, 0.15) is 11.8 Å². The van der Waals surface area contributed by atoms with Crippen molar-refractivity contribution in [3.05, 3.63) is 41.2 Å². The van der Waals surface area contributed by atoms with Crippen LogP contribution in [0.1, 0.15) is 29.2 Å². The van der Waals surface area contributed by atoms with Gasteiger partial charge in [-0.2, -0.15) is 0 Å². The Labute approximate surface area is 126 Å². The van der Waals surface area contributed by atoms with E-state index in [0.717, 1.165) is 29.0 Å². The number of nitrogens with one attached hydrogen (secondary N) is 1. The Morgan fingerprint density at radius 2 is 2.24 bits per heavy atom. The molecule has 0 spiro atoms. The van der Waals surface area contributed by atoms with E-state index >= 15 is 0 Å². The molecule has 1 aromatic carbocycles. The van der Waals surface area contributed by atoms with E-state index in [2.05, 4.69) is 45.4 Å². The van der Waals surface area contributed by atoms with E-state index in [1.807, 2.05) is 0 Å². The Hall–Kier alpha value is -2.21. The average Bonchev–Trinajstić information content (AvgIpc) is 3.02. The number of hydrogen-bond acceptors (Lipinski definition) is 6. The molecule has 1 atom stereocenters. The fourth-order valence-electron chi connectivity index (χ4n) is 2.94. The number of aryl methyl sites for hydroxylation is 2. The number of thiazole rings is 1. The summed E-state index contributed by atoms with van der Waals surface area (Å²) in [7, 11) is 0. The molecule has 1 aliphatic carbocycles.